The summed E-state index contributed by atoms with van der Waals surface area (Å²) >= 11 is 0. The lowest BCUT2D eigenvalue weighted by Gasteiger charge is -2.09. The van der Waals surface area contributed by atoms with Crippen molar-refractivity contribution in [3.05, 3.63) is 42.1 Å². The van der Waals surface area contributed by atoms with E-state index in [0.717, 1.165) is 16.5 Å². The number of quaternary nitrogens is 1. The molecule has 1 atom stereocenters. The molecule has 0 unspecified atom stereocenters. The molecular formula is C12H15F3N3O2+. The number of aliphatic hydroxyl groups is 1. The number of furan rings is 1. The molecule has 0 radical (unpaired) electrons. The fourth-order valence-corrected chi connectivity index (χ4v) is 1.75. The van der Waals surface area contributed by atoms with Crippen LogP contribution >= 0.6 is 0 Å². The second-order valence-electron chi connectivity index (χ2n) is 4.38. The van der Waals surface area contributed by atoms with E-state index >= 15 is 0 Å². The van der Waals surface area contributed by atoms with Gasteiger partial charge in [-0.3, -0.25) is 4.68 Å². The van der Waals surface area contributed by atoms with Gasteiger partial charge in [0, 0.05) is 6.20 Å². The van der Waals surface area contributed by atoms with Crippen molar-refractivity contribution in [2.75, 3.05) is 6.54 Å². The lowest BCUT2D eigenvalue weighted by molar-refractivity contribution is -0.678. The SMILES string of the molecule is O[C@H](C[NH2+]Cc1ccco1)Cn1ccc(C(F)(F)F)n1. The van der Waals surface area contributed by atoms with Gasteiger partial charge in [-0.25, -0.2) is 0 Å². The number of nitrogens with two attached hydrogens (primary N) is 1. The van der Waals surface area contributed by atoms with Gasteiger partial charge >= 0.3 is 6.18 Å². The third kappa shape index (κ3) is 4.10. The van der Waals surface area contributed by atoms with Crippen molar-refractivity contribution in [1.82, 2.24) is 9.78 Å². The molecule has 2 aromatic heterocycles. The summed E-state index contributed by atoms with van der Waals surface area (Å²) in [4.78, 5) is 0. The fourth-order valence-electron chi connectivity index (χ4n) is 1.75. The van der Waals surface area contributed by atoms with E-state index in [2.05, 4.69) is 5.10 Å². The van der Waals surface area contributed by atoms with Crippen LogP contribution in [-0.2, 0) is 19.3 Å². The van der Waals surface area contributed by atoms with Crippen LogP contribution < -0.4 is 5.32 Å². The zero-order chi connectivity index (χ0) is 14.6. The first-order chi connectivity index (χ1) is 9.45. The monoisotopic (exact) mass is 290 g/mol. The van der Waals surface area contributed by atoms with Gasteiger partial charge in [0.15, 0.2) is 11.5 Å². The maximum atomic E-state index is 12.3. The minimum absolute atomic E-state index is 0.0186. The van der Waals surface area contributed by atoms with E-state index in [1.807, 2.05) is 11.4 Å². The van der Waals surface area contributed by atoms with Gasteiger partial charge in [-0.15, -0.1) is 0 Å². The molecule has 0 aliphatic rings. The van der Waals surface area contributed by atoms with Gasteiger partial charge in [-0.05, 0) is 18.2 Å². The van der Waals surface area contributed by atoms with E-state index in [9.17, 15) is 18.3 Å². The van der Waals surface area contributed by atoms with E-state index in [0.29, 0.717) is 13.1 Å². The van der Waals surface area contributed by atoms with Crippen LogP contribution in [0, 0.1) is 0 Å². The number of aliphatic hydroxyl groups excluding tert-OH is 1. The summed E-state index contributed by atoms with van der Waals surface area (Å²) in [5.74, 6) is 0.774. The van der Waals surface area contributed by atoms with Crippen LogP contribution in [0.3, 0.4) is 0 Å². The number of hydrogen-bond donors (Lipinski definition) is 2. The van der Waals surface area contributed by atoms with Gasteiger partial charge in [0.2, 0.25) is 0 Å². The van der Waals surface area contributed by atoms with Crippen LogP contribution in [-0.4, -0.2) is 27.5 Å². The maximum Gasteiger partial charge on any atom is 0.435 e. The van der Waals surface area contributed by atoms with E-state index in [-0.39, 0.29) is 6.54 Å². The Bertz CT molecular complexity index is 522. The average Bonchev–Trinajstić information content (AvgIpc) is 2.98. The van der Waals surface area contributed by atoms with Crippen LogP contribution in [0.5, 0.6) is 0 Å². The van der Waals surface area contributed by atoms with Gasteiger partial charge in [0.05, 0.1) is 12.8 Å². The summed E-state index contributed by atoms with van der Waals surface area (Å²) in [5, 5.41) is 14.9. The van der Waals surface area contributed by atoms with E-state index in [1.54, 1.807) is 12.3 Å². The second-order valence-corrected chi connectivity index (χ2v) is 4.38. The Hall–Kier alpha value is -1.80. The van der Waals surface area contributed by atoms with E-state index < -0.39 is 18.0 Å². The molecule has 0 spiro atoms. The first-order valence-electron chi connectivity index (χ1n) is 6.08. The zero-order valence-corrected chi connectivity index (χ0v) is 10.5. The van der Waals surface area contributed by atoms with Gasteiger partial charge in [0.1, 0.15) is 19.2 Å². The Morgan fingerprint density at radius 1 is 1.40 bits per heavy atom. The van der Waals surface area contributed by atoms with Crippen molar-refractivity contribution in [3.63, 3.8) is 0 Å². The molecule has 0 bridgehead atoms. The zero-order valence-electron chi connectivity index (χ0n) is 10.5. The second kappa shape index (κ2) is 6.10. The van der Waals surface area contributed by atoms with Gasteiger partial charge < -0.3 is 14.8 Å². The quantitative estimate of drug-likeness (QED) is 0.819. The molecule has 110 valence electrons. The van der Waals surface area contributed by atoms with Crippen LogP contribution in [0.4, 0.5) is 13.2 Å². The molecule has 0 fully saturated rings. The molecule has 20 heavy (non-hydrogen) atoms. The highest BCUT2D eigenvalue weighted by Crippen LogP contribution is 2.27. The first kappa shape index (κ1) is 14.6. The molecule has 0 aromatic carbocycles. The predicted octanol–water partition coefficient (Wildman–Crippen LogP) is 0.619. The van der Waals surface area contributed by atoms with Crippen molar-refractivity contribution in [1.29, 1.82) is 0 Å². The minimum atomic E-state index is -4.46. The van der Waals surface area contributed by atoms with Crippen molar-refractivity contribution in [2.24, 2.45) is 0 Å². The molecule has 2 rings (SSSR count). The smallest absolute Gasteiger partial charge is 0.435 e. The Morgan fingerprint density at radius 2 is 2.20 bits per heavy atom. The average molecular weight is 290 g/mol. The molecule has 0 saturated carbocycles. The summed E-state index contributed by atoms with van der Waals surface area (Å²) in [6, 6.07) is 4.47. The number of hydrogen-bond acceptors (Lipinski definition) is 3. The van der Waals surface area contributed by atoms with Crippen molar-refractivity contribution >= 4 is 0 Å². The third-order valence-electron chi connectivity index (χ3n) is 2.69. The molecule has 8 heteroatoms. The highest BCUT2D eigenvalue weighted by molar-refractivity contribution is 5.03. The predicted molar refractivity (Wildman–Crippen MR) is 62.4 cm³/mol. The first-order valence-corrected chi connectivity index (χ1v) is 6.08. The molecular weight excluding hydrogens is 275 g/mol. The van der Waals surface area contributed by atoms with Crippen molar-refractivity contribution in [3.8, 4) is 0 Å². The molecule has 2 heterocycles. The highest BCUT2D eigenvalue weighted by atomic mass is 19.4. The number of aromatic nitrogens is 2. The number of rotatable bonds is 6. The Labute approximate surface area is 113 Å². The number of nitrogens with zero attached hydrogens (tertiary/aromatic N) is 2. The lowest BCUT2D eigenvalue weighted by atomic mass is 10.3. The normalized spacial score (nSPS) is 13.6. The molecule has 2 aromatic rings. The maximum absolute atomic E-state index is 12.3. The van der Waals surface area contributed by atoms with Crippen molar-refractivity contribution in [2.45, 2.75) is 25.4 Å². The topological polar surface area (TPSA) is 67.8 Å². The van der Waals surface area contributed by atoms with E-state index in [1.165, 1.54) is 6.20 Å². The van der Waals surface area contributed by atoms with Crippen LogP contribution in [0.15, 0.2) is 35.1 Å². The summed E-state index contributed by atoms with van der Waals surface area (Å²) in [7, 11) is 0. The Kier molecular flexibility index (Phi) is 4.46. The summed E-state index contributed by atoms with van der Waals surface area (Å²) in [5.41, 5.74) is -0.954. The fraction of sp³-hybridized carbons (Fsp3) is 0.417. The van der Waals surface area contributed by atoms with Crippen molar-refractivity contribution < 1.29 is 28.0 Å². The third-order valence-corrected chi connectivity index (χ3v) is 2.69. The number of halogens is 3. The molecule has 5 nitrogen and oxygen atoms in total. The summed E-state index contributed by atoms with van der Waals surface area (Å²) in [6.45, 7) is 0.934. The molecule has 0 amide bonds. The largest absolute Gasteiger partial charge is 0.463 e. The molecule has 0 aliphatic heterocycles. The van der Waals surface area contributed by atoms with E-state index in [4.69, 9.17) is 4.42 Å². The lowest BCUT2D eigenvalue weighted by Crippen LogP contribution is -2.85. The number of alkyl halides is 3. The Balaban J connectivity index is 1.76. The highest BCUT2D eigenvalue weighted by Gasteiger charge is 2.33. The van der Waals surface area contributed by atoms with Crippen LogP contribution in [0.25, 0.3) is 0 Å². The van der Waals surface area contributed by atoms with Crippen LogP contribution in [0.1, 0.15) is 11.5 Å². The molecule has 0 saturated heterocycles. The summed E-state index contributed by atoms with van der Waals surface area (Å²) in [6.07, 6.45) is -2.48. The van der Waals surface area contributed by atoms with Gasteiger partial charge in [0.25, 0.3) is 0 Å². The molecule has 3 N–H and O–H groups in total. The Morgan fingerprint density at radius 3 is 2.80 bits per heavy atom. The standard InChI is InChI=1S/C12H14F3N3O2/c13-12(14,15)11-3-4-18(17-11)8-9(19)6-16-7-10-2-1-5-20-10/h1-5,9,16,19H,6-8H2/p+1/t9-/m1/s1. The molecule has 0 aliphatic carbocycles. The summed E-state index contributed by atoms with van der Waals surface area (Å²) < 4.78 is 43.2. The minimum Gasteiger partial charge on any atom is -0.463 e. The van der Waals surface area contributed by atoms with Gasteiger partial charge in [-0.2, -0.15) is 18.3 Å². The van der Waals surface area contributed by atoms with Crippen LogP contribution in [0.2, 0.25) is 0 Å². The van der Waals surface area contributed by atoms with Gasteiger partial charge in [-0.1, -0.05) is 0 Å².